The van der Waals surface area contributed by atoms with Crippen LogP contribution in [-0.4, -0.2) is 181 Å². The van der Waals surface area contributed by atoms with Crippen LogP contribution in [0.2, 0.25) is 0 Å². The Morgan fingerprint density at radius 1 is 0.517 bits per heavy atom. The molecule has 336 valence electrons. The van der Waals surface area contributed by atoms with Crippen LogP contribution in [0.4, 0.5) is 0 Å². The van der Waals surface area contributed by atoms with Gasteiger partial charge in [-0.05, 0) is 50.4 Å². The smallest absolute Gasteiger partial charge is 0.243 e. The van der Waals surface area contributed by atoms with Gasteiger partial charge in [-0.3, -0.25) is 47.9 Å². The first-order chi connectivity index (χ1) is 28.2. The molecule has 6 atom stereocenters. The van der Waals surface area contributed by atoms with Crippen molar-refractivity contribution in [3.63, 3.8) is 0 Å². The Labute approximate surface area is 350 Å². The van der Waals surface area contributed by atoms with Crippen molar-refractivity contribution >= 4 is 59.1 Å². The number of amides is 10. The first-order valence-corrected chi connectivity index (χ1v) is 20.5. The van der Waals surface area contributed by atoms with Crippen LogP contribution >= 0.6 is 0 Å². The van der Waals surface area contributed by atoms with Crippen molar-refractivity contribution in [1.29, 1.82) is 0 Å². The SMILES string of the molecule is CC(C)[C@@H]1NC(=O)CN(C)C(=O)CNC(=O)[C@@H]2CCCCN2C(=O)[C@H](N)CNC(=O)[C@H](C(C)C)NC(=O)CN(C)C(=O)CNC(=O)[C@@H]2CCCCN2C(=O)[C@H](N)CNC1=O. The van der Waals surface area contributed by atoms with Gasteiger partial charge in [-0.15, -0.1) is 0 Å². The predicted octanol–water partition coefficient (Wildman–Crippen LogP) is -4.92. The Morgan fingerprint density at radius 2 is 0.867 bits per heavy atom. The summed E-state index contributed by atoms with van der Waals surface area (Å²) in [5.74, 6) is -7.10. The molecule has 3 fully saturated rings. The fourth-order valence-electron chi connectivity index (χ4n) is 7.12. The molecule has 0 radical (unpaired) electrons. The van der Waals surface area contributed by atoms with E-state index in [4.69, 9.17) is 11.5 Å². The molecule has 3 aliphatic rings. The number of carbonyl (C=O) groups excluding carboxylic acids is 10. The quantitative estimate of drug-likeness (QED) is 0.130. The van der Waals surface area contributed by atoms with E-state index in [-0.39, 0.29) is 26.2 Å². The van der Waals surface area contributed by atoms with Crippen LogP contribution in [0.15, 0.2) is 0 Å². The Balaban J connectivity index is 1.81. The second-order valence-corrected chi connectivity index (χ2v) is 16.3. The van der Waals surface area contributed by atoms with E-state index < -0.39 is 133 Å². The van der Waals surface area contributed by atoms with Crippen LogP contribution in [0.25, 0.3) is 0 Å². The zero-order valence-corrected chi connectivity index (χ0v) is 35.5. The third-order valence-corrected chi connectivity index (χ3v) is 10.8. The lowest BCUT2D eigenvalue weighted by Gasteiger charge is -2.36. The van der Waals surface area contributed by atoms with Crippen LogP contribution in [0.1, 0.15) is 66.2 Å². The van der Waals surface area contributed by atoms with Crippen LogP contribution in [0, 0.1) is 11.8 Å². The highest BCUT2D eigenvalue weighted by atomic mass is 16.2. The highest BCUT2D eigenvalue weighted by Crippen LogP contribution is 2.19. The number of rotatable bonds is 2. The summed E-state index contributed by atoms with van der Waals surface area (Å²) in [5, 5.41) is 15.5. The summed E-state index contributed by atoms with van der Waals surface area (Å²) in [6.45, 7) is 4.63. The van der Waals surface area contributed by atoms with Gasteiger partial charge in [-0.25, -0.2) is 0 Å². The molecule has 22 heteroatoms. The number of carbonyl (C=O) groups is 10. The average Bonchev–Trinajstić information content (AvgIpc) is 3.22. The molecule has 0 spiro atoms. The minimum absolute atomic E-state index is 0.207. The van der Waals surface area contributed by atoms with Crippen LogP contribution < -0.4 is 43.4 Å². The molecule has 10 amide bonds. The maximum absolute atomic E-state index is 13.5. The van der Waals surface area contributed by atoms with Crippen LogP contribution in [0.3, 0.4) is 0 Å². The van der Waals surface area contributed by atoms with Crippen molar-refractivity contribution in [2.75, 3.05) is 66.5 Å². The first-order valence-electron chi connectivity index (χ1n) is 20.5. The fourth-order valence-corrected chi connectivity index (χ4v) is 7.12. The third-order valence-electron chi connectivity index (χ3n) is 10.8. The van der Waals surface area contributed by atoms with Crippen molar-refractivity contribution in [3.8, 4) is 0 Å². The molecule has 3 saturated heterocycles. The highest BCUT2D eigenvalue weighted by Gasteiger charge is 2.37. The fraction of sp³-hybridized carbons (Fsp3) is 0.737. The maximum Gasteiger partial charge on any atom is 0.243 e. The van der Waals surface area contributed by atoms with Crippen molar-refractivity contribution in [2.24, 2.45) is 23.3 Å². The van der Waals surface area contributed by atoms with Gasteiger partial charge < -0.3 is 63.0 Å². The molecule has 0 bridgehead atoms. The Hall–Kier alpha value is -5.38. The number of nitrogens with zero attached hydrogens (tertiary/aromatic N) is 4. The molecule has 3 rings (SSSR count). The number of hydrogen-bond donors (Lipinski definition) is 8. The normalized spacial score (nSPS) is 28.0. The highest BCUT2D eigenvalue weighted by molar-refractivity contribution is 5.96. The van der Waals surface area contributed by atoms with Gasteiger partial charge in [0.15, 0.2) is 0 Å². The molecule has 22 nitrogen and oxygen atoms in total. The zero-order chi connectivity index (χ0) is 44.8. The lowest BCUT2D eigenvalue weighted by molar-refractivity contribution is -0.144. The Kier molecular flexibility index (Phi) is 18.6. The van der Waals surface area contributed by atoms with Crippen molar-refractivity contribution in [1.82, 2.24) is 51.5 Å². The van der Waals surface area contributed by atoms with Gasteiger partial charge >= 0.3 is 0 Å². The monoisotopic (exact) mass is 848 g/mol. The number of piperidine rings is 2. The Bertz CT molecular complexity index is 1510. The van der Waals surface area contributed by atoms with E-state index in [9.17, 15) is 47.9 Å². The lowest BCUT2D eigenvalue weighted by atomic mass is 10.00. The van der Waals surface area contributed by atoms with E-state index in [1.54, 1.807) is 27.7 Å². The van der Waals surface area contributed by atoms with Crippen LogP contribution in [0.5, 0.6) is 0 Å². The average molecular weight is 849 g/mol. The van der Waals surface area contributed by atoms with Gasteiger partial charge in [0.1, 0.15) is 36.3 Å². The number of likely N-dealkylation sites (N-methyl/N-ethyl adjacent to an activating group) is 2. The number of fused-ring (bicyclic) bond motifs is 2. The second kappa shape index (κ2) is 22.8. The molecular formula is C38H64N12O10. The predicted molar refractivity (Wildman–Crippen MR) is 216 cm³/mol. The Morgan fingerprint density at radius 3 is 1.20 bits per heavy atom. The van der Waals surface area contributed by atoms with E-state index in [1.165, 1.54) is 23.9 Å². The minimum atomic E-state index is -1.25. The van der Waals surface area contributed by atoms with E-state index in [0.29, 0.717) is 38.5 Å². The van der Waals surface area contributed by atoms with Crippen molar-refractivity contribution in [3.05, 3.63) is 0 Å². The topological polar surface area (TPSA) is 308 Å². The van der Waals surface area contributed by atoms with E-state index in [1.807, 2.05) is 0 Å². The minimum Gasteiger partial charge on any atom is -0.352 e. The summed E-state index contributed by atoms with van der Waals surface area (Å²) >= 11 is 0. The molecule has 0 aromatic heterocycles. The first kappa shape index (κ1) is 49.0. The summed E-state index contributed by atoms with van der Waals surface area (Å²) in [4.78, 5) is 137. The number of nitrogens with one attached hydrogen (secondary N) is 6. The molecule has 0 aromatic carbocycles. The van der Waals surface area contributed by atoms with Gasteiger partial charge in [0.25, 0.3) is 0 Å². The van der Waals surface area contributed by atoms with Gasteiger partial charge in [-0.1, -0.05) is 27.7 Å². The van der Waals surface area contributed by atoms with Gasteiger partial charge in [0.2, 0.25) is 59.1 Å². The molecule has 0 saturated carbocycles. The van der Waals surface area contributed by atoms with Crippen molar-refractivity contribution in [2.45, 2.75) is 102 Å². The van der Waals surface area contributed by atoms with E-state index in [2.05, 4.69) is 31.9 Å². The summed E-state index contributed by atoms with van der Waals surface area (Å²) in [5.41, 5.74) is 12.4. The van der Waals surface area contributed by atoms with E-state index in [0.717, 1.165) is 9.80 Å². The summed E-state index contributed by atoms with van der Waals surface area (Å²) in [6.07, 6.45) is 3.03. The second-order valence-electron chi connectivity index (χ2n) is 16.3. The molecule has 10 N–H and O–H groups in total. The molecule has 0 unspecified atom stereocenters. The third kappa shape index (κ3) is 13.8. The molecule has 3 heterocycles. The largest absolute Gasteiger partial charge is 0.352 e. The van der Waals surface area contributed by atoms with Gasteiger partial charge in [0.05, 0.1) is 26.2 Å². The van der Waals surface area contributed by atoms with E-state index >= 15 is 0 Å². The van der Waals surface area contributed by atoms with Crippen LogP contribution in [-0.2, 0) is 47.9 Å². The molecular weight excluding hydrogens is 784 g/mol. The molecule has 0 aromatic rings. The molecule has 0 aliphatic carbocycles. The summed E-state index contributed by atoms with van der Waals surface area (Å²) in [6, 6.07) is -6.55. The van der Waals surface area contributed by atoms with Crippen molar-refractivity contribution < 1.29 is 47.9 Å². The number of nitrogens with two attached hydrogens (primary N) is 2. The lowest BCUT2D eigenvalue weighted by Crippen LogP contribution is -2.60. The number of hydrogen-bond acceptors (Lipinski definition) is 12. The zero-order valence-electron chi connectivity index (χ0n) is 35.5. The molecule has 3 aliphatic heterocycles. The summed E-state index contributed by atoms with van der Waals surface area (Å²) in [7, 11) is 2.69. The standard InChI is InChI=1S/C38H64N12O10/c1-21(2)31-35(57)41-15-23(39)37(59)49-13-9-7-11-25(49)33(55)44-18-30(54)48(6)20-28(52)46-32(22(3)4)36(58)42-16-24(40)38(60)50-14-10-8-12-26(50)34(56)43-17-29(53)47(5)19-27(51)45-31/h21-26,31-32H,7-20,39-40H2,1-6H3,(H,41,57)(H,42,58)(H,43,56)(H,44,55)(H,45,51)(H,46,52)/t23-,24-,25+,26+,31+,32+/m1/s1. The van der Waals surface area contributed by atoms with Gasteiger partial charge in [0, 0.05) is 40.3 Å². The summed E-state index contributed by atoms with van der Waals surface area (Å²) < 4.78 is 0. The molecule has 60 heavy (non-hydrogen) atoms. The van der Waals surface area contributed by atoms with Gasteiger partial charge in [-0.2, -0.15) is 0 Å². The maximum atomic E-state index is 13.5.